The summed E-state index contributed by atoms with van der Waals surface area (Å²) in [6.45, 7) is 1.93. The van der Waals surface area contributed by atoms with Gasteiger partial charge >= 0.3 is 0 Å². The Bertz CT molecular complexity index is 1230. The molecule has 1 atom stereocenters. The van der Waals surface area contributed by atoms with E-state index in [4.69, 9.17) is 10.1 Å². The van der Waals surface area contributed by atoms with Crippen LogP contribution in [0.2, 0.25) is 0 Å². The number of carbonyl (C=O) groups is 1. The normalized spacial score (nSPS) is 11.9. The van der Waals surface area contributed by atoms with Crippen molar-refractivity contribution in [2.75, 3.05) is 12.4 Å². The van der Waals surface area contributed by atoms with Crippen LogP contribution in [0.3, 0.4) is 0 Å². The molecule has 2 N–H and O–H groups in total. The molecular formula is C24H22N5O2S+. The molecule has 0 aliphatic rings. The van der Waals surface area contributed by atoms with Crippen molar-refractivity contribution >= 4 is 35.5 Å². The van der Waals surface area contributed by atoms with Crippen molar-refractivity contribution in [2.24, 2.45) is 0 Å². The number of rotatable bonds is 8. The molecule has 1 aromatic heterocycles. The highest BCUT2D eigenvalue weighted by Crippen LogP contribution is 2.26. The first kappa shape index (κ1) is 22.7. The number of ketones is 1. The number of nitrogens with zero attached hydrogens (tertiary/aromatic N) is 3. The summed E-state index contributed by atoms with van der Waals surface area (Å²) < 4.78 is 5.12. The summed E-state index contributed by atoms with van der Waals surface area (Å²) in [5.41, 5.74) is 2.56. The van der Waals surface area contributed by atoms with Gasteiger partial charge in [0.1, 0.15) is 23.0 Å². The second kappa shape index (κ2) is 10.4. The molecule has 0 spiro atoms. The highest BCUT2D eigenvalue weighted by atomic mass is 32.1. The second-order valence-corrected chi connectivity index (χ2v) is 7.18. The number of anilines is 1. The van der Waals surface area contributed by atoms with Gasteiger partial charge in [-0.25, -0.2) is 0 Å². The number of aromatic nitrogens is 2. The van der Waals surface area contributed by atoms with Crippen LogP contribution in [-0.4, -0.2) is 28.6 Å². The van der Waals surface area contributed by atoms with Crippen LogP contribution in [0.4, 0.5) is 5.82 Å². The summed E-state index contributed by atoms with van der Waals surface area (Å²) in [5, 5.41) is 22.7. The minimum absolute atomic E-state index is 0.252. The van der Waals surface area contributed by atoms with Gasteiger partial charge in [0, 0.05) is 5.56 Å². The number of allylic oxidation sites excluding steroid dienone is 1. The lowest BCUT2D eigenvalue weighted by Crippen LogP contribution is -2.29. The fourth-order valence-corrected chi connectivity index (χ4v) is 3.49. The summed E-state index contributed by atoms with van der Waals surface area (Å²) in [6, 6.07) is 15.5. The number of aryl methyl sites for hydroxylation is 1. The van der Waals surface area contributed by atoms with Crippen molar-refractivity contribution < 1.29 is 9.53 Å². The fraction of sp³-hybridized carbons (Fsp3) is 0.125. The molecule has 0 radical (unpaired) electrons. The van der Waals surface area contributed by atoms with Crippen LogP contribution in [0, 0.1) is 23.7 Å². The molecule has 0 aliphatic carbocycles. The zero-order valence-electron chi connectivity index (χ0n) is 17.6. The van der Waals surface area contributed by atoms with Gasteiger partial charge in [-0.2, -0.15) is 10.2 Å². The van der Waals surface area contributed by atoms with Crippen molar-refractivity contribution in [1.29, 1.82) is 10.7 Å². The monoisotopic (exact) mass is 444 g/mol. The summed E-state index contributed by atoms with van der Waals surface area (Å²) in [6.07, 6.45) is 2.94. The summed E-state index contributed by atoms with van der Waals surface area (Å²) >= 11 is 3.32. The Balaban J connectivity index is 2.02. The Morgan fingerprint density at radius 2 is 2.03 bits per heavy atom. The van der Waals surface area contributed by atoms with Gasteiger partial charge in [-0.05, 0) is 31.2 Å². The maximum Gasteiger partial charge on any atom is 0.233 e. The molecule has 2 aromatic carbocycles. The van der Waals surface area contributed by atoms with Gasteiger partial charge < -0.3 is 10.1 Å². The molecule has 0 fully saturated rings. The lowest BCUT2D eigenvalue weighted by atomic mass is 9.91. The summed E-state index contributed by atoms with van der Waals surface area (Å²) in [7, 11) is 1.48. The van der Waals surface area contributed by atoms with Gasteiger partial charge in [0.2, 0.25) is 11.7 Å². The van der Waals surface area contributed by atoms with Crippen molar-refractivity contribution in [2.45, 2.75) is 13.0 Å². The SMILES string of the molecule is COc1cncc(NC(C(=O)C(=N)/C(=C\[SH2+])c2ccccc2C#N)c2cccc(C)c2)n1. The van der Waals surface area contributed by atoms with Crippen molar-refractivity contribution in [3.05, 3.63) is 88.6 Å². The topological polar surface area (TPSA) is 112 Å². The fourth-order valence-electron chi connectivity index (χ4n) is 3.19. The lowest BCUT2D eigenvalue weighted by Gasteiger charge is -2.20. The third-order valence-electron chi connectivity index (χ3n) is 4.75. The van der Waals surface area contributed by atoms with E-state index in [2.05, 4.69) is 34.0 Å². The van der Waals surface area contributed by atoms with E-state index >= 15 is 0 Å². The predicted molar refractivity (Wildman–Crippen MR) is 128 cm³/mol. The summed E-state index contributed by atoms with van der Waals surface area (Å²) in [5.74, 6) is 0.139. The van der Waals surface area contributed by atoms with E-state index in [9.17, 15) is 10.1 Å². The molecule has 0 bridgehead atoms. The summed E-state index contributed by atoms with van der Waals surface area (Å²) in [4.78, 5) is 21.9. The number of methoxy groups -OCH3 is 1. The van der Waals surface area contributed by atoms with E-state index in [-0.39, 0.29) is 5.71 Å². The van der Waals surface area contributed by atoms with E-state index in [1.165, 1.54) is 24.9 Å². The number of carbonyl (C=O) groups excluding carboxylic acids is 1. The van der Waals surface area contributed by atoms with Gasteiger partial charge in [0.05, 0.1) is 36.7 Å². The third kappa shape index (κ3) is 5.02. The predicted octanol–water partition coefficient (Wildman–Crippen LogP) is 3.46. The van der Waals surface area contributed by atoms with Crippen LogP contribution in [0.15, 0.2) is 66.3 Å². The Morgan fingerprint density at radius 1 is 1.25 bits per heavy atom. The highest BCUT2D eigenvalue weighted by molar-refractivity contribution is 7.62. The molecule has 0 amide bonds. The van der Waals surface area contributed by atoms with Crippen LogP contribution in [0.1, 0.15) is 28.3 Å². The average Bonchev–Trinajstić information content (AvgIpc) is 2.83. The Morgan fingerprint density at radius 3 is 2.72 bits per heavy atom. The molecule has 0 saturated heterocycles. The molecule has 1 unspecified atom stereocenters. The molecule has 3 rings (SSSR count). The first-order valence-corrected chi connectivity index (χ1v) is 10.3. The largest absolute Gasteiger partial charge is 0.480 e. The number of ether oxygens (including phenoxy) is 1. The molecule has 1 heterocycles. The van der Waals surface area contributed by atoms with Crippen LogP contribution in [0.25, 0.3) is 5.57 Å². The van der Waals surface area contributed by atoms with Gasteiger partial charge in [-0.1, -0.05) is 48.0 Å². The number of hydrogen-bond acceptors (Lipinski definition) is 7. The van der Waals surface area contributed by atoms with Gasteiger partial charge in [-0.3, -0.25) is 15.2 Å². The molecule has 32 heavy (non-hydrogen) atoms. The first-order chi connectivity index (χ1) is 15.5. The lowest BCUT2D eigenvalue weighted by molar-refractivity contribution is -0.113. The Labute approximate surface area is 191 Å². The zero-order valence-corrected chi connectivity index (χ0v) is 18.6. The molecule has 8 heteroatoms. The van der Waals surface area contributed by atoms with Gasteiger partial charge in [-0.15, -0.1) is 0 Å². The Kier molecular flexibility index (Phi) is 7.37. The minimum Gasteiger partial charge on any atom is -0.480 e. The maximum absolute atomic E-state index is 13.6. The van der Waals surface area contributed by atoms with Gasteiger partial charge in [0.15, 0.2) is 0 Å². The van der Waals surface area contributed by atoms with Crippen LogP contribution in [0.5, 0.6) is 5.88 Å². The van der Waals surface area contributed by atoms with E-state index < -0.39 is 11.8 Å². The van der Waals surface area contributed by atoms with Crippen molar-refractivity contribution in [1.82, 2.24) is 9.97 Å². The molecule has 160 valence electrons. The number of Topliss-reactive ketones (excluding diaryl/α,β-unsaturated/α-hetero) is 1. The Hall–Kier alpha value is -3.96. The maximum atomic E-state index is 13.6. The number of nitrogens with one attached hydrogen (secondary N) is 2. The van der Waals surface area contributed by atoms with E-state index in [1.54, 1.807) is 24.3 Å². The standard InChI is InChI=1S/C24H21N5O2S/c1-15-6-5-8-16(10-15)23(29-20-12-27-13-21(28-20)31-2)24(30)22(26)19(14-32)18-9-4-3-7-17(18)11-25/h3-10,12-14,23,26,32H,1-2H3,(H,28,29)/p+1/b19-14-,26-22?. The van der Waals surface area contributed by atoms with E-state index in [0.717, 1.165) is 5.56 Å². The molecule has 0 saturated carbocycles. The number of benzene rings is 2. The second-order valence-electron chi connectivity index (χ2n) is 6.89. The smallest absolute Gasteiger partial charge is 0.233 e. The molecule has 3 aromatic rings. The highest BCUT2D eigenvalue weighted by Gasteiger charge is 2.29. The van der Waals surface area contributed by atoms with Crippen LogP contribution < -0.4 is 10.1 Å². The van der Waals surface area contributed by atoms with E-state index in [0.29, 0.717) is 34.0 Å². The number of hydrogen-bond donors (Lipinski definition) is 2. The van der Waals surface area contributed by atoms with E-state index in [1.807, 2.05) is 31.2 Å². The number of nitriles is 1. The van der Waals surface area contributed by atoms with Crippen LogP contribution in [-0.2, 0) is 17.4 Å². The van der Waals surface area contributed by atoms with Crippen molar-refractivity contribution in [3.63, 3.8) is 0 Å². The third-order valence-corrected chi connectivity index (χ3v) is 5.04. The average molecular weight is 445 g/mol. The molecule has 7 nitrogen and oxygen atoms in total. The first-order valence-electron chi connectivity index (χ1n) is 9.67. The van der Waals surface area contributed by atoms with Gasteiger partial charge in [0.25, 0.3) is 0 Å². The minimum atomic E-state index is -0.903. The zero-order chi connectivity index (χ0) is 23.1. The molecule has 0 aliphatic heterocycles. The van der Waals surface area contributed by atoms with Crippen LogP contribution >= 0.6 is 0 Å². The van der Waals surface area contributed by atoms with Crippen molar-refractivity contribution in [3.8, 4) is 11.9 Å². The molecular weight excluding hydrogens is 422 g/mol. The quantitative estimate of drug-likeness (QED) is 0.406.